The second-order valence-corrected chi connectivity index (χ2v) is 5.16. The summed E-state index contributed by atoms with van der Waals surface area (Å²) in [4.78, 5) is 3.88. The number of ether oxygens (including phenoxy) is 2. The molecule has 0 fully saturated rings. The van der Waals surface area contributed by atoms with E-state index in [1.165, 1.54) is 12.4 Å². The summed E-state index contributed by atoms with van der Waals surface area (Å²) in [5.41, 5.74) is 5.04. The molecule has 0 aliphatic heterocycles. The van der Waals surface area contributed by atoms with Crippen LogP contribution in [0.15, 0.2) is 42.7 Å². The molecule has 7 heteroatoms. The lowest BCUT2D eigenvalue weighted by molar-refractivity contribution is 0.0381. The zero-order valence-corrected chi connectivity index (χ0v) is 13.8. The number of methoxy groups -OCH3 is 2. The third kappa shape index (κ3) is 3.81. The van der Waals surface area contributed by atoms with Crippen molar-refractivity contribution in [2.75, 3.05) is 14.2 Å². The number of benzene rings is 1. The fourth-order valence-corrected chi connectivity index (χ4v) is 2.18. The van der Waals surface area contributed by atoms with Crippen molar-refractivity contribution >= 4 is 0 Å². The topological polar surface area (TPSA) is 99.4 Å². The van der Waals surface area contributed by atoms with Gasteiger partial charge in [0.05, 0.1) is 14.2 Å². The van der Waals surface area contributed by atoms with E-state index in [2.05, 4.69) is 15.8 Å². The van der Waals surface area contributed by atoms with Crippen LogP contribution in [0.5, 0.6) is 11.5 Å². The molecule has 2 unspecified atom stereocenters. The molecule has 7 nitrogen and oxygen atoms in total. The molecule has 0 saturated carbocycles. The average Bonchev–Trinajstić information content (AvgIpc) is 2.65. The van der Waals surface area contributed by atoms with E-state index in [1.807, 2.05) is 25.1 Å². The second-order valence-electron chi connectivity index (χ2n) is 5.16. The first-order valence-corrected chi connectivity index (χ1v) is 7.33. The maximum absolute atomic E-state index is 10.5. The lowest BCUT2D eigenvalue weighted by Crippen LogP contribution is -2.49. The van der Waals surface area contributed by atoms with E-state index >= 15 is 0 Å². The maximum Gasteiger partial charge on any atom is 0.244 e. The zero-order valence-electron chi connectivity index (χ0n) is 13.8. The molecule has 2 atom stereocenters. The molecule has 0 bridgehead atoms. The van der Waals surface area contributed by atoms with Crippen LogP contribution in [0, 0.1) is 11.3 Å². The predicted octanol–water partition coefficient (Wildman–Crippen LogP) is 1.62. The van der Waals surface area contributed by atoms with Crippen LogP contribution < -0.4 is 20.3 Å². The Kier molecular flexibility index (Phi) is 5.71. The van der Waals surface area contributed by atoms with E-state index in [1.54, 1.807) is 32.4 Å². The van der Waals surface area contributed by atoms with Crippen molar-refractivity contribution in [3.8, 4) is 17.6 Å². The fraction of sp³-hybridized carbons (Fsp3) is 0.294. The molecule has 0 spiro atoms. The van der Waals surface area contributed by atoms with Gasteiger partial charge >= 0.3 is 0 Å². The molecule has 1 aromatic heterocycles. The molecular weight excluding hydrogens is 308 g/mol. The molecule has 0 aliphatic carbocycles. The summed E-state index contributed by atoms with van der Waals surface area (Å²) in [7, 11) is 3.14. The van der Waals surface area contributed by atoms with Gasteiger partial charge in [0.15, 0.2) is 11.5 Å². The van der Waals surface area contributed by atoms with Gasteiger partial charge in [0.1, 0.15) is 6.07 Å². The third-order valence-electron chi connectivity index (χ3n) is 3.64. The molecule has 24 heavy (non-hydrogen) atoms. The van der Waals surface area contributed by atoms with Crippen LogP contribution >= 0.6 is 0 Å². The average molecular weight is 328 g/mol. The number of hydrogen-bond acceptors (Lipinski definition) is 7. The van der Waals surface area contributed by atoms with Crippen LogP contribution in [-0.4, -0.2) is 24.3 Å². The highest BCUT2D eigenvalue weighted by molar-refractivity contribution is 5.43. The number of aromatic nitrogens is 1. The van der Waals surface area contributed by atoms with Crippen LogP contribution in [0.3, 0.4) is 0 Å². The molecule has 0 amide bonds. The first kappa shape index (κ1) is 17.7. The van der Waals surface area contributed by atoms with Gasteiger partial charge < -0.3 is 14.6 Å². The number of nitrogens with one attached hydrogen (secondary N) is 2. The van der Waals surface area contributed by atoms with Gasteiger partial charge in [0, 0.05) is 24.0 Å². The summed E-state index contributed by atoms with van der Waals surface area (Å²) in [6.45, 7) is 1.89. The quantitative estimate of drug-likeness (QED) is 0.403. The van der Waals surface area contributed by atoms with E-state index in [0.29, 0.717) is 17.1 Å². The molecular formula is C17H20N4O3. The number of rotatable bonds is 7. The Labute approximate surface area is 140 Å². The van der Waals surface area contributed by atoms with Crippen LogP contribution in [0.1, 0.15) is 24.1 Å². The lowest BCUT2D eigenvalue weighted by atomic mass is 10.1. The first-order valence-electron chi connectivity index (χ1n) is 7.33. The summed E-state index contributed by atoms with van der Waals surface area (Å²) in [5, 5.41) is 19.8. The second kappa shape index (κ2) is 7.75. The lowest BCUT2D eigenvalue weighted by Gasteiger charge is -2.25. The van der Waals surface area contributed by atoms with Gasteiger partial charge in [0.25, 0.3) is 0 Å². The van der Waals surface area contributed by atoms with Crippen molar-refractivity contribution in [2.24, 2.45) is 0 Å². The van der Waals surface area contributed by atoms with Gasteiger partial charge in [-0.15, -0.1) is 0 Å². The first-order chi connectivity index (χ1) is 11.5. The van der Waals surface area contributed by atoms with Crippen molar-refractivity contribution in [1.82, 2.24) is 15.8 Å². The number of nitrogens with zero attached hydrogens (tertiary/aromatic N) is 2. The van der Waals surface area contributed by atoms with E-state index in [-0.39, 0.29) is 6.04 Å². The molecule has 1 heterocycles. The van der Waals surface area contributed by atoms with Crippen molar-refractivity contribution < 1.29 is 14.6 Å². The van der Waals surface area contributed by atoms with Gasteiger partial charge in [-0.3, -0.25) is 4.98 Å². The Morgan fingerprint density at radius 3 is 2.42 bits per heavy atom. The minimum atomic E-state index is -1.87. The molecule has 2 aromatic rings. The SMILES string of the molecule is COc1ccc(C(C)NNC(O)(C#N)c2ccncc2)cc1OC. The summed E-state index contributed by atoms with van der Waals surface area (Å²) in [5.74, 6) is 1.24. The molecule has 2 rings (SSSR count). The highest BCUT2D eigenvalue weighted by atomic mass is 16.5. The number of hydrogen-bond donors (Lipinski definition) is 3. The molecule has 0 radical (unpaired) electrons. The van der Waals surface area contributed by atoms with Crippen molar-refractivity contribution in [3.63, 3.8) is 0 Å². The minimum Gasteiger partial charge on any atom is -0.493 e. The van der Waals surface area contributed by atoms with Crippen LogP contribution in [0.2, 0.25) is 0 Å². The van der Waals surface area contributed by atoms with Crippen LogP contribution in [0.4, 0.5) is 0 Å². The Morgan fingerprint density at radius 2 is 1.83 bits per heavy atom. The van der Waals surface area contributed by atoms with Crippen LogP contribution in [0.25, 0.3) is 0 Å². The largest absolute Gasteiger partial charge is 0.493 e. The van der Waals surface area contributed by atoms with Crippen molar-refractivity contribution in [1.29, 1.82) is 5.26 Å². The zero-order chi connectivity index (χ0) is 17.6. The summed E-state index contributed by atoms with van der Waals surface area (Å²) in [6.07, 6.45) is 3.02. The van der Waals surface area contributed by atoms with Crippen molar-refractivity contribution in [3.05, 3.63) is 53.9 Å². The molecule has 3 N–H and O–H groups in total. The number of hydrazine groups is 1. The van der Waals surface area contributed by atoms with E-state index in [9.17, 15) is 10.4 Å². The molecule has 126 valence electrons. The Balaban J connectivity index is 2.12. The fourth-order valence-electron chi connectivity index (χ4n) is 2.18. The van der Waals surface area contributed by atoms with Gasteiger partial charge in [-0.05, 0) is 36.8 Å². The van der Waals surface area contributed by atoms with Gasteiger partial charge in [-0.1, -0.05) is 6.07 Å². The number of aliphatic hydroxyl groups is 1. The highest BCUT2D eigenvalue weighted by Gasteiger charge is 2.29. The Bertz CT molecular complexity index is 718. The number of nitriles is 1. The highest BCUT2D eigenvalue weighted by Crippen LogP contribution is 2.29. The normalized spacial score (nSPS) is 14.3. The van der Waals surface area contributed by atoms with Gasteiger partial charge in [-0.25, -0.2) is 10.9 Å². The Morgan fingerprint density at radius 1 is 1.17 bits per heavy atom. The minimum absolute atomic E-state index is 0.202. The van der Waals surface area contributed by atoms with Crippen LogP contribution in [-0.2, 0) is 5.72 Å². The molecule has 0 aliphatic rings. The van der Waals surface area contributed by atoms with E-state index in [4.69, 9.17) is 9.47 Å². The molecule has 1 aromatic carbocycles. The third-order valence-corrected chi connectivity index (χ3v) is 3.64. The molecule has 0 saturated heterocycles. The van der Waals surface area contributed by atoms with Gasteiger partial charge in [0.2, 0.25) is 5.72 Å². The van der Waals surface area contributed by atoms with Gasteiger partial charge in [-0.2, -0.15) is 5.26 Å². The summed E-state index contributed by atoms with van der Waals surface area (Å²) in [6, 6.07) is 10.3. The van der Waals surface area contributed by atoms with E-state index < -0.39 is 5.72 Å². The number of pyridine rings is 1. The summed E-state index contributed by atoms with van der Waals surface area (Å²) >= 11 is 0. The smallest absolute Gasteiger partial charge is 0.244 e. The monoisotopic (exact) mass is 328 g/mol. The van der Waals surface area contributed by atoms with E-state index in [0.717, 1.165) is 5.56 Å². The Hall–Kier alpha value is -2.66. The standard InChI is InChI=1S/C17H20N4O3/c1-12(13-4-5-15(23-2)16(10-13)24-3)20-21-17(22,11-18)14-6-8-19-9-7-14/h4-10,12,20-22H,1-3H3. The summed E-state index contributed by atoms with van der Waals surface area (Å²) < 4.78 is 10.5. The maximum atomic E-state index is 10.5. The van der Waals surface area contributed by atoms with Crippen molar-refractivity contribution in [2.45, 2.75) is 18.7 Å². The predicted molar refractivity (Wildman–Crippen MR) is 88.0 cm³/mol.